The Kier molecular flexibility index (Phi) is 23.1. The van der Waals surface area contributed by atoms with Gasteiger partial charge in [0.2, 0.25) is 5.91 Å². The molecule has 0 aliphatic carbocycles. The van der Waals surface area contributed by atoms with Crippen molar-refractivity contribution in [3.63, 3.8) is 0 Å². The molecular formula is C18H36KN2O4. The summed E-state index contributed by atoms with van der Waals surface area (Å²) in [6.07, 6.45) is 11.4. The molecule has 0 fully saturated rings. The molecule has 0 saturated carbocycles. The SMILES string of the molecule is CCCCCCCCCCCC(=O)N(CCO)CCNCC(=O)O.[K]. The molecule has 0 aromatic rings. The summed E-state index contributed by atoms with van der Waals surface area (Å²) in [4.78, 5) is 24.2. The molecule has 1 radical (unpaired) electrons. The number of nitrogens with one attached hydrogen (secondary N) is 1. The van der Waals surface area contributed by atoms with Gasteiger partial charge in [-0.1, -0.05) is 58.3 Å². The van der Waals surface area contributed by atoms with Crippen LogP contribution in [0.4, 0.5) is 0 Å². The van der Waals surface area contributed by atoms with Crippen molar-refractivity contribution in [3.05, 3.63) is 0 Å². The van der Waals surface area contributed by atoms with E-state index in [1.54, 1.807) is 4.90 Å². The van der Waals surface area contributed by atoms with Crippen LogP contribution in [-0.2, 0) is 9.59 Å². The molecule has 3 N–H and O–H groups in total. The van der Waals surface area contributed by atoms with Crippen LogP contribution in [-0.4, -0.2) is 111 Å². The first kappa shape index (κ1) is 27.7. The first-order valence-corrected chi connectivity index (χ1v) is 9.43. The molecule has 143 valence electrons. The van der Waals surface area contributed by atoms with Crippen LogP contribution in [0, 0.1) is 0 Å². The second kappa shape index (κ2) is 20.8. The summed E-state index contributed by atoms with van der Waals surface area (Å²) >= 11 is 0. The van der Waals surface area contributed by atoms with Gasteiger partial charge in [0.25, 0.3) is 0 Å². The summed E-state index contributed by atoms with van der Waals surface area (Å²) in [5.74, 6) is -0.867. The van der Waals surface area contributed by atoms with Gasteiger partial charge in [0.1, 0.15) is 0 Å². The van der Waals surface area contributed by atoms with Crippen molar-refractivity contribution in [2.45, 2.75) is 71.1 Å². The molecule has 1 amide bonds. The third-order valence-corrected chi connectivity index (χ3v) is 4.05. The van der Waals surface area contributed by atoms with Gasteiger partial charge in [-0.05, 0) is 6.42 Å². The number of unbranched alkanes of at least 4 members (excludes halogenated alkanes) is 8. The van der Waals surface area contributed by atoms with Crippen molar-refractivity contribution in [2.24, 2.45) is 0 Å². The van der Waals surface area contributed by atoms with E-state index in [4.69, 9.17) is 10.2 Å². The van der Waals surface area contributed by atoms with Gasteiger partial charge in [0.15, 0.2) is 0 Å². The summed E-state index contributed by atoms with van der Waals surface area (Å²) in [6.45, 7) is 3.21. The van der Waals surface area contributed by atoms with E-state index in [2.05, 4.69) is 12.2 Å². The van der Waals surface area contributed by atoms with Crippen molar-refractivity contribution >= 4 is 63.3 Å². The second-order valence-corrected chi connectivity index (χ2v) is 6.25. The monoisotopic (exact) mass is 383 g/mol. The Labute approximate surface area is 195 Å². The third-order valence-electron chi connectivity index (χ3n) is 4.05. The molecule has 0 aliphatic rings. The number of hydrogen-bond acceptors (Lipinski definition) is 4. The number of aliphatic carboxylic acids is 1. The molecular weight excluding hydrogens is 347 g/mol. The van der Waals surface area contributed by atoms with E-state index in [0.717, 1.165) is 12.8 Å². The van der Waals surface area contributed by atoms with Crippen LogP contribution in [0.15, 0.2) is 0 Å². The number of hydrogen-bond donors (Lipinski definition) is 3. The molecule has 6 nitrogen and oxygen atoms in total. The van der Waals surface area contributed by atoms with Crippen LogP contribution in [0.2, 0.25) is 0 Å². The van der Waals surface area contributed by atoms with Gasteiger partial charge in [-0.3, -0.25) is 9.59 Å². The van der Waals surface area contributed by atoms with Crippen LogP contribution in [0.25, 0.3) is 0 Å². The Hall–Kier alpha value is 0.496. The minimum absolute atomic E-state index is 0. The number of amides is 1. The average molecular weight is 384 g/mol. The molecule has 0 spiro atoms. The fourth-order valence-electron chi connectivity index (χ4n) is 2.64. The fourth-order valence-corrected chi connectivity index (χ4v) is 2.64. The largest absolute Gasteiger partial charge is 0.480 e. The average Bonchev–Trinajstić information content (AvgIpc) is 2.55. The third kappa shape index (κ3) is 19.1. The summed E-state index contributed by atoms with van der Waals surface area (Å²) < 4.78 is 0. The molecule has 0 saturated heterocycles. The second-order valence-electron chi connectivity index (χ2n) is 6.25. The Bertz CT molecular complexity index is 330. The van der Waals surface area contributed by atoms with E-state index in [1.165, 1.54) is 44.9 Å². The zero-order valence-corrected chi connectivity index (χ0v) is 19.4. The van der Waals surface area contributed by atoms with Crippen molar-refractivity contribution in [1.82, 2.24) is 10.2 Å². The summed E-state index contributed by atoms with van der Waals surface area (Å²) in [5.41, 5.74) is 0. The van der Waals surface area contributed by atoms with Crippen molar-refractivity contribution in [3.8, 4) is 0 Å². The minimum Gasteiger partial charge on any atom is -0.480 e. The Balaban J connectivity index is 0. The zero-order valence-electron chi connectivity index (χ0n) is 16.3. The maximum Gasteiger partial charge on any atom is 0.317 e. The number of carboxylic acids is 1. The number of rotatable bonds is 17. The first-order valence-electron chi connectivity index (χ1n) is 9.43. The molecule has 0 unspecified atom stereocenters. The van der Waals surface area contributed by atoms with Crippen LogP contribution >= 0.6 is 0 Å². The van der Waals surface area contributed by atoms with Crippen molar-refractivity contribution < 1.29 is 19.8 Å². The molecule has 0 aliphatic heterocycles. The van der Waals surface area contributed by atoms with E-state index < -0.39 is 5.97 Å². The maximum atomic E-state index is 12.1. The topological polar surface area (TPSA) is 89.9 Å². The number of aliphatic hydroxyl groups excluding tert-OH is 1. The van der Waals surface area contributed by atoms with Crippen molar-refractivity contribution in [2.75, 3.05) is 32.8 Å². The number of carboxylic acid groups (broad SMARTS) is 1. The van der Waals surface area contributed by atoms with Gasteiger partial charge in [-0.15, -0.1) is 0 Å². The van der Waals surface area contributed by atoms with E-state index in [0.29, 0.717) is 26.1 Å². The first-order chi connectivity index (χ1) is 11.6. The minimum atomic E-state index is -0.912. The number of aliphatic hydroxyl groups is 1. The standard InChI is InChI=1S/C18H36N2O4.K/c1-2-3-4-5-6-7-8-9-10-11-17(22)20(14-15-21)13-12-19-16-18(23)24;/h19,21H,2-16H2,1H3,(H,23,24);. The molecule has 7 heteroatoms. The molecule has 0 rings (SSSR count). The maximum absolute atomic E-state index is 12.1. The van der Waals surface area contributed by atoms with Gasteiger partial charge in [0.05, 0.1) is 13.2 Å². The number of nitrogens with zero attached hydrogens (tertiary/aromatic N) is 1. The predicted octanol–water partition coefficient (Wildman–Crippen LogP) is 2.02. The predicted molar refractivity (Wildman–Crippen MR) is 102 cm³/mol. The van der Waals surface area contributed by atoms with Crippen LogP contribution < -0.4 is 5.32 Å². The molecule has 0 aromatic carbocycles. The summed E-state index contributed by atoms with van der Waals surface area (Å²) in [5, 5.41) is 20.4. The van der Waals surface area contributed by atoms with Gasteiger partial charge >= 0.3 is 5.97 Å². The number of carbonyl (C=O) groups is 2. The van der Waals surface area contributed by atoms with Crippen LogP contribution in [0.1, 0.15) is 71.1 Å². The van der Waals surface area contributed by atoms with Crippen LogP contribution in [0.3, 0.4) is 0 Å². The van der Waals surface area contributed by atoms with Crippen molar-refractivity contribution in [1.29, 1.82) is 0 Å². The van der Waals surface area contributed by atoms with E-state index in [-0.39, 0.29) is 70.4 Å². The summed E-state index contributed by atoms with van der Waals surface area (Å²) in [6, 6.07) is 0. The number of carbonyl (C=O) groups excluding carboxylic acids is 1. The molecule has 0 aromatic heterocycles. The molecule has 0 atom stereocenters. The quantitative estimate of drug-likeness (QED) is 0.264. The van der Waals surface area contributed by atoms with Gasteiger partial charge in [-0.2, -0.15) is 0 Å². The Morgan fingerprint density at radius 1 is 0.920 bits per heavy atom. The van der Waals surface area contributed by atoms with Gasteiger partial charge in [0, 0.05) is 77.4 Å². The summed E-state index contributed by atoms with van der Waals surface area (Å²) in [7, 11) is 0. The molecule has 0 bridgehead atoms. The zero-order chi connectivity index (χ0) is 18.0. The smallest absolute Gasteiger partial charge is 0.317 e. The Morgan fingerprint density at radius 2 is 1.48 bits per heavy atom. The van der Waals surface area contributed by atoms with Crippen LogP contribution in [0.5, 0.6) is 0 Å². The molecule has 25 heavy (non-hydrogen) atoms. The normalized spacial score (nSPS) is 10.3. The fraction of sp³-hybridized carbons (Fsp3) is 0.889. The van der Waals surface area contributed by atoms with E-state index in [1.807, 2.05) is 0 Å². The molecule has 0 heterocycles. The van der Waals surface area contributed by atoms with Gasteiger partial charge < -0.3 is 20.4 Å². The van der Waals surface area contributed by atoms with Gasteiger partial charge in [-0.25, -0.2) is 0 Å². The Morgan fingerprint density at radius 3 is 2.00 bits per heavy atom. The van der Waals surface area contributed by atoms with E-state index >= 15 is 0 Å². The van der Waals surface area contributed by atoms with E-state index in [9.17, 15) is 9.59 Å².